The van der Waals surface area contributed by atoms with Gasteiger partial charge in [-0.3, -0.25) is 0 Å². The van der Waals surface area contributed by atoms with E-state index in [-0.39, 0.29) is 0 Å². The lowest BCUT2D eigenvalue weighted by Gasteiger charge is -2.37. The Kier molecular flexibility index (Phi) is 2.63. The normalized spacial score (nSPS) is 23.9. The minimum Gasteiger partial charge on any atom is -0.464 e. The van der Waals surface area contributed by atoms with E-state index in [9.17, 15) is 0 Å². The van der Waals surface area contributed by atoms with Crippen molar-refractivity contribution in [3.05, 3.63) is 23.2 Å². The van der Waals surface area contributed by atoms with Gasteiger partial charge in [0, 0.05) is 6.42 Å². The molecule has 0 bridgehead atoms. The Bertz CT molecular complexity index is 351. The second-order valence-corrected chi connectivity index (χ2v) is 5.17. The molecule has 0 aliphatic heterocycles. The quantitative estimate of drug-likeness (QED) is 0.806. The van der Waals surface area contributed by atoms with E-state index < -0.39 is 0 Å². The minimum absolute atomic E-state index is 0.296. The predicted molar refractivity (Wildman–Crippen MR) is 62.0 cm³/mol. The number of furan rings is 1. The van der Waals surface area contributed by atoms with Gasteiger partial charge < -0.3 is 9.73 Å². The average Bonchev–Trinajstić information content (AvgIpc) is 2.59. The fourth-order valence-electron chi connectivity index (χ4n) is 2.59. The molecule has 1 aliphatic carbocycles. The molecule has 2 heteroatoms. The van der Waals surface area contributed by atoms with E-state index in [1.54, 1.807) is 0 Å². The van der Waals surface area contributed by atoms with E-state index >= 15 is 0 Å². The van der Waals surface area contributed by atoms with Gasteiger partial charge in [-0.25, -0.2) is 0 Å². The molecule has 1 aliphatic rings. The van der Waals surface area contributed by atoms with Crippen LogP contribution in [0, 0.1) is 5.41 Å². The van der Waals surface area contributed by atoms with Crippen molar-refractivity contribution < 1.29 is 4.42 Å². The van der Waals surface area contributed by atoms with Gasteiger partial charge in [0.1, 0.15) is 11.5 Å². The zero-order valence-electron chi connectivity index (χ0n) is 10.2. The van der Waals surface area contributed by atoms with Crippen LogP contribution in [0.1, 0.15) is 50.3 Å². The summed E-state index contributed by atoms with van der Waals surface area (Å²) in [6.45, 7) is 6.76. The Morgan fingerprint density at radius 1 is 1.53 bits per heavy atom. The molecule has 2 rings (SSSR count). The van der Waals surface area contributed by atoms with Gasteiger partial charge in [0.25, 0.3) is 0 Å². The molecule has 2 nitrogen and oxygen atoms in total. The standard InChI is InChI=1S/C13H21NO/c1-5-10-8-9-6-7-13(2,3)12(14-4)11(9)15-10/h8,12,14H,5-7H2,1-4H3. The predicted octanol–water partition coefficient (Wildman–Crippen LogP) is 3.07. The van der Waals surface area contributed by atoms with E-state index in [2.05, 4.69) is 32.2 Å². The second kappa shape index (κ2) is 3.67. The first-order chi connectivity index (χ1) is 7.08. The van der Waals surface area contributed by atoms with Crippen LogP contribution in [0.3, 0.4) is 0 Å². The Morgan fingerprint density at radius 2 is 2.27 bits per heavy atom. The Balaban J connectivity index is 2.41. The Labute approximate surface area is 92.1 Å². The van der Waals surface area contributed by atoms with Gasteiger partial charge in [-0.05, 0) is 36.9 Å². The SMILES string of the molecule is CCc1cc2c(o1)C(NC)C(C)(C)CC2. The van der Waals surface area contributed by atoms with Crippen molar-refractivity contribution in [2.24, 2.45) is 5.41 Å². The van der Waals surface area contributed by atoms with E-state index in [4.69, 9.17) is 4.42 Å². The number of nitrogens with one attached hydrogen (secondary N) is 1. The summed E-state index contributed by atoms with van der Waals surface area (Å²) in [5.74, 6) is 2.29. The van der Waals surface area contributed by atoms with Crippen molar-refractivity contribution in [1.29, 1.82) is 0 Å². The van der Waals surface area contributed by atoms with Crippen molar-refractivity contribution in [2.45, 2.75) is 46.1 Å². The van der Waals surface area contributed by atoms with Gasteiger partial charge in [-0.1, -0.05) is 20.8 Å². The van der Waals surface area contributed by atoms with E-state index in [0.29, 0.717) is 11.5 Å². The molecular weight excluding hydrogens is 186 g/mol. The van der Waals surface area contributed by atoms with Crippen LogP contribution in [-0.4, -0.2) is 7.05 Å². The molecular formula is C13H21NO. The molecule has 84 valence electrons. The maximum absolute atomic E-state index is 5.93. The van der Waals surface area contributed by atoms with Gasteiger partial charge in [0.2, 0.25) is 0 Å². The van der Waals surface area contributed by atoms with Gasteiger partial charge in [0.15, 0.2) is 0 Å². The summed E-state index contributed by atoms with van der Waals surface area (Å²) in [7, 11) is 2.02. The van der Waals surface area contributed by atoms with Gasteiger partial charge in [-0.2, -0.15) is 0 Å². The highest BCUT2D eigenvalue weighted by molar-refractivity contribution is 5.29. The molecule has 0 spiro atoms. The molecule has 0 saturated carbocycles. The first kappa shape index (κ1) is 10.7. The molecule has 1 aromatic rings. The van der Waals surface area contributed by atoms with Crippen LogP contribution in [-0.2, 0) is 12.8 Å². The fourth-order valence-corrected chi connectivity index (χ4v) is 2.59. The fraction of sp³-hybridized carbons (Fsp3) is 0.692. The maximum atomic E-state index is 5.93. The average molecular weight is 207 g/mol. The van der Waals surface area contributed by atoms with Gasteiger partial charge >= 0.3 is 0 Å². The number of hydrogen-bond acceptors (Lipinski definition) is 2. The zero-order chi connectivity index (χ0) is 11.1. The first-order valence-electron chi connectivity index (χ1n) is 5.87. The summed E-state index contributed by atoms with van der Waals surface area (Å²) in [6.07, 6.45) is 3.38. The summed E-state index contributed by atoms with van der Waals surface area (Å²) in [6, 6.07) is 2.59. The molecule has 0 saturated heterocycles. The lowest BCUT2D eigenvalue weighted by Crippen LogP contribution is -2.35. The van der Waals surface area contributed by atoms with Crippen molar-refractivity contribution in [3.63, 3.8) is 0 Å². The Morgan fingerprint density at radius 3 is 2.87 bits per heavy atom. The molecule has 1 heterocycles. The highest BCUT2D eigenvalue weighted by Crippen LogP contribution is 2.44. The van der Waals surface area contributed by atoms with Crippen LogP contribution in [0.25, 0.3) is 0 Å². The third-order valence-corrected chi connectivity index (χ3v) is 3.61. The third-order valence-electron chi connectivity index (χ3n) is 3.61. The Hall–Kier alpha value is -0.760. The highest BCUT2D eigenvalue weighted by Gasteiger charge is 2.37. The lowest BCUT2D eigenvalue weighted by molar-refractivity contribution is 0.188. The second-order valence-electron chi connectivity index (χ2n) is 5.17. The van der Waals surface area contributed by atoms with Crippen molar-refractivity contribution in [3.8, 4) is 0 Å². The summed E-state index contributed by atoms with van der Waals surface area (Å²) >= 11 is 0. The smallest absolute Gasteiger partial charge is 0.124 e. The molecule has 0 aromatic carbocycles. The van der Waals surface area contributed by atoms with Crippen LogP contribution in [0.2, 0.25) is 0 Å². The maximum Gasteiger partial charge on any atom is 0.124 e. The molecule has 0 amide bonds. The summed E-state index contributed by atoms with van der Waals surface area (Å²) in [5.41, 5.74) is 1.70. The van der Waals surface area contributed by atoms with E-state index in [1.807, 2.05) is 7.05 Å². The monoisotopic (exact) mass is 207 g/mol. The van der Waals surface area contributed by atoms with Crippen LogP contribution in [0.15, 0.2) is 10.5 Å². The third kappa shape index (κ3) is 1.71. The molecule has 15 heavy (non-hydrogen) atoms. The van der Waals surface area contributed by atoms with Crippen molar-refractivity contribution in [2.75, 3.05) is 7.05 Å². The number of fused-ring (bicyclic) bond motifs is 1. The van der Waals surface area contributed by atoms with Crippen LogP contribution in [0.5, 0.6) is 0 Å². The highest BCUT2D eigenvalue weighted by atomic mass is 16.3. The van der Waals surface area contributed by atoms with Crippen LogP contribution >= 0.6 is 0 Å². The molecule has 1 N–H and O–H groups in total. The molecule has 0 radical (unpaired) electrons. The number of hydrogen-bond donors (Lipinski definition) is 1. The van der Waals surface area contributed by atoms with Crippen molar-refractivity contribution >= 4 is 0 Å². The van der Waals surface area contributed by atoms with Crippen LogP contribution in [0.4, 0.5) is 0 Å². The number of aryl methyl sites for hydroxylation is 2. The summed E-state index contributed by atoms with van der Waals surface area (Å²) in [5, 5.41) is 3.39. The molecule has 1 aromatic heterocycles. The largest absolute Gasteiger partial charge is 0.464 e. The lowest BCUT2D eigenvalue weighted by atomic mass is 9.73. The van der Waals surface area contributed by atoms with Gasteiger partial charge in [-0.15, -0.1) is 0 Å². The topological polar surface area (TPSA) is 25.2 Å². The van der Waals surface area contributed by atoms with Crippen LogP contribution < -0.4 is 5.32 Å². The molecule has 1 atom stereocenters. The van der Waals surface area contributed by atoms with Crippen molar-refractivity contribution in [1.82, 2.24) is 5.32 Å². The number of rotatable bonds is 2. The molecule has 1 unspecified atom stereocenters. The minimum atomic E-state index is 0.296. The summed E-state index contributed by atoms with van der Waals surface area (Å²) < 4.78 is 5.93. The van der Waals surface area contributed by atoms with E-state index in [0.717, 1.165) is 18.6 Å². The molecule has 0 fully saturated rings. The van der Waals surface area contributed by atoms with Gasteiger partial charge in [0.05, 0.1) is 6.04 Å². The van der Waals surface area contributed by atoms with E-state index in [1.165, 1.54) is 17.7 Å². The first-order valence-corrected chi connectivity index (χ1v) is 5.87. The zero-order valence-corrected chi connectivity index (χ0v) is 10.2. The summed E-state index contributed by atoms with van der Waals surface area (Å²) in [4.78, 5) is 0.